The molecular weight excluding hydrogens is 491 g/mol. The number of halogens is 1. The highest BCUT2D eigenvalue weighted by Crippen LogP contribution is 2.31. The molecule has 2 atom stereocenters. The molecule has 0 radical (unpaired) electrons. The number of rotatable bonds is 6. The Morgan fingerprint density at radius 1 is 1.41 bits per heavy atom. The van der Waals surface area contributed by atoms with Crippen LogP contribution in [0.5, 0.6) is 0 Å². The van der Waals surface area contributed by atoms with Gasteiger partial charge in [-0.25, -0.2) is 24.3 Å². The summed E-state index contributed by atoms with van der Waals surface area (Å²) in [6.45, 7) is 0.174. The molecule has 1 saturated heterocycles. The Balaban J connectivity index is 0.00000240. The number of ether oxygens (including phenoxy) is 2. The van der Waals surface area contributed by atoms with Crippen LogP contribution in [0.25, 0.3) is 11.2 Å². The second-order valence-electron chi connectivity index (χ2n) is 6.46. The summed E-state index contributed by atoms with van der Waals surface area (Å²) < 4.78 is 15.0. The Hall–Kier alpha value is -2.67. The Labute approximate surface area is 183 Å². The van der Waals surface area contributed by atoms with Gasteiger partial charge in [-0.3, -0.25) is 9.36 Å². The Morgan fingerprint density at radius 3 is 3.07 bits per heavy atom. The van der Waals surface area contributed by atoms with Gasteiger partial charge in [-0.2, -0.15) is 0 Å². The van der Waals surface area contributed by atoms with E-state index in [9.17, 15) is 9.59 Å². The topological polar surface area (TPSA) is 112 Å². The minimum Gasteiger partial charge on any atom is -1.00 e. The van der Waals surface area contributed by atoms with Crippen LogP contribution in [-0.2, 0) is 21.3 Å². The van der Waals surface area contributed by atoms with Crippen molar-refractivity contribution < 1.29 is 47.6 Å². The molecule has 1 fully saturated rings. The SMILES string of the molecule is C[n+]1cccc(C(=O)OC[C@@H]2CC[C@H](n3cnc4c(NC=O)ncnc43)O2)c1.[I-]. The molecule has 1 amide bonds. The van der Waals surface area contributed by atoms with Crippen LogP contribution in [-0.4, -0.2) is 44.6 Å². The maximum atomic E-state index is 12.2. The van der Waals surface area contributed by atoms with Crippen LogP contribution in [0.1, 0.15) is 29.4 Å². The molecule has 0 aliphatic carbocycles. The van der Waals surface area contributed by atoms with Gasteiger partial charge in [0.1, 0.15) is 31.8 Å². The van der Waals surface area contributed by atoms with E-state index >= 15 is 0 Å². The number of aromatic nitrogens is 5. The quantitative estimate of drug-likeness (QED) is 0.173. The Morgan fingerprint density at radius 2 is 2.28 bits per heavy atom. The van der Waals surface area contributed by atoms with Crippen molar-refractivity contribution in [2.24, 2.45) is 7.05 Å². The molecule has 1 aliphatic heterocycles. The van der Waals surface area contributed by atoms with E-state index < -0.39 is 0 Å². The zero-order chi connectivity index (χ0) is 19.5. The van der Waals surface area contributed by atoms with E-state index in [0.717, 1.165) is 12.8 Å². The second-order valence-corrected chi connectivity index (χ2v) is 6.46. The van der Waals surface area contributed by atoms with Gasteiger partial charge in [0.2, 0.25) is 6.41 Å². The van der Waals surface area contributed by atoms with Gasteiger partial charge in [0.25, 0.3) is 0 Å². The molecular formula is C18H19IN6O4. The van der Waals surface area contributed by atoms with Gasteiger partial charge in [0, 0.05) is 6.07 Å². The van der Waals surface area contributed by atoms with Gasteiger partial charge in [-0.1, -0.05) is 0 Å². The summed E-state index contributed by atoms with van der Waals surface area (Å²) >= 11 is 0. The smallest absolute Gasteiger partial charge is 0.344 e. The summed E-state index contributed by atoms with van der Waals surface area (Å²) in [6, 6.07) is 3.50. The predicted molar refractivity (Wildman–Crippen MR) is 96.1 cm³/mol. The zero-order valence-electron chi connectivity index (χ0n) is 15.6. The number of carbonyl (C=O) groups is 2. The molecule has 1 aliphatic rings. The minimum atomic E-state index is -0.381. The fourth-order valence-corrected chi connectivity index (χ4v) is 3.20. The lowest BCUT2D eigenvalue weighted by atomic mass is 10.2. The third-order valence-electron chi connectivity index (χ3n) is 4.53. The number of aryl methyl sites for hydroxylation is 1. The summed E-state index contributed by atoms with van der Waals surface area (Å²) in [5, 5.41) is 2.51. The maximum Gasteiger partial charge on any atom is 0.344 e. The first-order valence-corrected chi connectivity index (χ1v) is 8.81. The molecule has 4 heterocycles. The molecule has 0 saturated carbocycles. The van der Waals surface area contributed by atoms with E-state index in [1.54, 1.807) is 33.8 Å². The number of nitrogens with zero attached hydrogens (tertiary/aromatic N) is 5. The van der Waals surface area contributed by atoms with Crippen molar-refractivity contribution in [2.75, 3.05) is 11.9 Å². The molecule has 152 valence electrons. The number of esters is 1. The molecule has 29 heavy (non-hydrogen) atoms. The predicted octanol–water partition coefficient (Wildman–Crippen LogP) is -2.24. The number of fused-ring (bicyclic) bond motifs is 1. The first kappa shape index (κ1) is 21.0. The lowest BCUT2D eigenvalue weighted by Gasteiger charge is -2.15. The number of imidazole rings is 1. The zero-order valence-corrected chi connectivity index (χ0v) is 17.7. The molecule has 0 aromatic carbocycles. The number of nitrogens with one attached hydrogen (secondary N) is 1. The molecule has 4 rings (SSSR count). The van der Waals surface area contributed by atoms with Crippen molar-refractivity contribution in [2.45, 2.75) is 25.2 Å². The molecule has 11 heteroatoms. The fourth-order valence-electron chi connectivity index (χ4n) is 3.20. The van der Waals surface area contributed by atoms with Gasteiger partial charge < -0.3 is 38.8 Å². The third-order valence-corrected chi connectivity index (χ3v) is 4.53. The van der Waals surface area contributed by atoms with E-state index in [4.69, 9.17) is 9.47 Å². The highest BCUT2D eigenvalue weighted by atomic mass is 127. The first-order chi connectivity index (χ1) is 13.7. The Kier molecular flexibility index (Phi) is 6.69. The van der Waals surface area contributed by atoms with Crippen molar-refractivity contribution >= 4 is 29.4 Å². The summed E-state index contributed by atoms with van der Waals surface area (Å²) in [5.41, 5.74) is 1.55. The van der Waals surface area contributed by atoms with Crippen LogP contribution in [0.15, 0.2) is 37.2 Å². The molecule has 10 nitrogen and oxygen atoms in total. The average molecular weight is 510 g/mol. The normalized spacial score (nSPS) is 18.2. The van der Waals surface area contributed by atoms with Gasteiger partial charge in [-0.15, -0.1) is 0 Å². The first-order valence-electron chi connectivity index (χ1n) is 8.81. The van der Waals surface area contributed by atoms with Crippen LogP contribution >= 0.6 is 0 Å². The summed E-state index contributed by atoms with van der Waals surface area (Å²) in [6.07, 6.45) is 8.06. The van der Waals surface area contributed by atoms with Crippen molar-refractivity contribution in [1.82, 2.24) is 19.5 Å². The van der Waals surface area contributed by atoms with Gasteiger partial charge in [-0.05, 0) is 18.9 Å². The van der Waals surface area contributed by atoms with Crippen LogP contribution in [0.3, 0.4) is 0 Å². The summed E-state index contributed by atoms with van der Waals surface area (Å²) in [4.78, 5) is 35.4. The van der Waals surface area contributed by atoms with Gasteiger partial charge in [0.15, 0.2) is 29.4 Å². The average Bonchev–Trinajstić information content (AvgIpc) is 3.33. The van der Waals surface area contributed by atoms with Gasteiger partial charge >= 0.3 is 5.97 Å². The summed E-state index contributed by atoms with van der Waals surface area (Å²) in [5.74, 6) is -0.0353. The van der Waals surface area contributed by atoms with E-state index in [1.165, 1.54) is 6.33 Å². The van der Waals surface area contributed by atoms with Crippen LogP contribution in [0.4, 0.5) is 5.82 Å². The number of hydrogen-bond donors (Lipinski definition) is 1. The number of anilines is 1. The van der Waals surface area contributed by atoms with Crippen LogP contribution in [0.2, 0.25) is 0 Å². The van der Waals surface area contributed by atoms with Crippen molar-refractivity contribution in [3.05, 3.63) is 42.7 Å². The molecule has 3 aromatic rings. The number of amides is 1. The number of carbonyl (C=O) groups excluding carboxylic acids is 2. The maximum absolute atomic E-state index is 12.2. The van der Waals surface area contributed by atoms with E-state index in [1.807, 2.05) is 13.2 Å². The molecule has 0 bridgehead atoms. The molecule has 0 unspecified atom stereocenters. The lowest BCUT2D eigenvalue weighted by molar-refractivity contribution is -0.671. The number of pyridine rings is 1. The molecule has 0 spiro atoms. The van der Waals surface area contributed by atoms with Crippen LogP contribution < -0.4 is 33.9 Å². The standard InChI is InChI=1S/C18H18N6O4.HI/c1-23-6-2-3-12(7-23)18(26)27-8-13-4-5-14(28-13)24-10-21-15-16(22-11-25)19-9-20-17(15)24;/h2-3,6-7,9-11,13-14H,4-5,8H2,1H3;1H/t13-,14+;/m0./s1. The summed E-state index contributed by atoms with van der Waals surface area (Å²) in [7, 11) is 1.84. The van der Waals surface area contributed by atoms with Crippen molar-refractivity contribution in [3.63, 3.8) is 0 Å². The fraction of sp³-hybridized carbons (Fsp3) is 0.333. The van der Waals surface area contributed by atoms with E-state index in [0.29, 0.717) is 29.0 Å². The lowest BCUT2D eigenvalue weighted by Crippen LogP contribution is -3.00. The third kappa shape index (κ3) is 4.50. The van der Waals surface area contributed by atoms with Crippen LogP contribution in [0, 0.1) is 0 Å². The van der Waals surface area contributed by atoms with E-state index in [-0.39, 0.29) is 48.9 Å². The van der Waals surface area contributed by atoms with Crippen molar-refractivity contribution in [3.8, 4) is 0 Å². The number of hydrogen-bond acceptors (Lipinski definition) is 7. The monoisotopic (exact) mass is 510 g/mol. The second kappa shape index (κ2) is 9.22. The molecule has 1 N–H and O–H groups in total. The van der Waals surface area contributed by atoms with Crippen molar-refractivity contribution in [1.29, 1.82) is 0 Å². The Bertz CT molecular complexity index is 1030. The largest absolute Gasteiger partial charge is 1.00 e. The molecule has 3 aromatic heterocycles. The van der Waals surface area contributed by atoms with Gasteiger partial charge in [0.05, 0.1) is 12.4 Å². The highest BCUT2D eigenvalue weighted by molar-refractivity contribution is 5.89. The minimum absolute atomic E-state index is 0. The van der Waals surface area contributed by atoms with E-state index in [2.05, 4.69) is 20.3 Å². The highest BCUT2D eigenvalue weighted by Gasteiger charge is 2.29.